The molecular formula is C14H15BrN2O. The van der Waals surface area contributed by atoms with Crippen LogP contribution in [0.15, 0.2) is 47.1 Å². The van der Waals surface area contributed by atoms with Crippen molar-refractivity contribution in [2.45, 2.75) is 20.0 Å². The molecule has 0 saturated carbocycles. The molecule has 0 aliphatic heterocycles. The Morgan fingerprint density at radius 1 is 1.28 bits per heavy atom. The first-order valence-electron chi connectivity index (χ1n) is 5.88. The minimum Gasteiger partial charge on any atom is -0.347 e. The van der Waals surface area contributed by atoms with Crippen molar-refractivity contribution in [3.05, 3.63) is 58.3 Å². The SMILES string of the molecule is CCn1cccc1C(=O)NCc1ccc(Br)cc1. The third-order valence-electron chi connectivity index (χ3n) is 2.77. The normalized spacial score (nSPS) is 10.3. The molecule has 0 aliphatic carbocycles. The number of hydrogen-bond acceptors (Lipinski definition) is 1. The van der Waals surface area contributed by atoms with Gasteiger partial charge in [0.25, 0.3) is 5.91 Å². The summed E-state index contributed by atoms with van der Waals surface area (Å²) >= 11 is 3.39. The van der Waals surface area contributed by atoms with Gasteiger partial charge >= 0.3 is 0 Å². The molecule has 2 rings (SSSR count). The van der Waals surface area contributed by atoms with Crippen LogP contribution >= 0.6 is 15.9 Å². The fraction of sp³-hybridized carbons (Fsp3) is 0.214. The molecule has 1 aromatic heterocycles. The van der Waals surface area contributed by atoms with Gasteiger partial charge in [-0.05, 0) is 36.8 Å². The lowest BCUT2D eigenvalue weighted by molar-refractivity contribution is 0.0942. The van der Waals surface area contributed by atoms with Crippen LogP contribution in [-0.4, -0.2) is 10.5 Å². The van der Waals surface area contributed by atoms with Crippen LogP contribution in [-0.2, 0) is 13.1 Å². The van der Waals surface area contributed by atoms with Crippen LogP contribution in [0.3, 0.4) is 0 Å². The quantitative estimate of drug-likeness (QED) is 0.925. The minimum atomic E-state index is -0.0373. The van der Waals surface area contributed by atoms with E-state index in [0.29, 0.717) is 12.2 Å². The zero-order valence-corrected chi connectivity index (χ0v) is 11.8. The largest absolute Gasteiger partial charge is 0.347 e. The van der Waals surface area contributed by atoms with Crippen LogP contribution in [0.1, 0.15) is 23.0 Å². The Balaban J connectivity index is 1.98. The van der Waals surface area contributed by atoms with Gasteiger partial charge in [-0.15, -0.1) is 0 Å². The molecule has 4 heteroatoms. The molecule has 0 atom stereocenters. The van der Waals surface area contributed by atoms with Gasteiger partial charge in [0.05, 0.1) is 0 Å². The molecule has 1 N–H and O–H groups in total. The standard InChI is InChI=1S/C14H15BrN2O/c1-2-17-9-3-4-13(17)14(18)16-10-11-5-7-12(15)8-6-11/h3-9H,2,10H2,1H3,(H,16,18). The van der Waals surface area contributed by atoms with E-state index in [0.717, 1.165) is 16.6 Å². The van der Waals surface area contributed by atoms with Crippen LogP contribution in [0, 0.1) is 0 Å². The molecule has 0 radical (unpaired) electrons. The average molecular weight is 307 g/mol. The van der Waals surface area contributed by atoms with E-state index >= 15 is 0 Å². The monoisotopic (exact) mass is 306 g/mol. The highest BCUT2D eigenvalue weighted by molar-refractivity contribution is 9.10. The number of halogens is 1. The molecule has 18 heavy (non-hydrogen) atoms. The van der Waals surface area contributed by atoms with Gasteiger partial charge in [0, 0.05) is 23.8 Å². The van der Waals surface area contributed by atoms with E-state index in [1.807, 2.05) is 54.1 Å². The summed E-state index contributed by atoms with van der Waals surface area (Å²) in [7, 11) is 0. The Morgan fingerprint density at radius 3 is 2.67 bits per heavy atom. The van der Waals surface area contributed by atoms with E-state index in [1.54, 1.807) is 0 Å². The number of amides is 1. The summed E-state index contributed by atoms with van der Waals surface area (Å²) in [5, 5.41) is 2.92. The molecule has 0 saturated heterocycles. The Labute approximate surface area is 115 Å². The van der Waals surface area contributed by atoms with Crippen molar-refractivity contribution in [2.75, 3.05) is 0 Å². The van der Waals surface area contributed by atoms with Crippen LogP contribution < -0.4 is 5.32 Å². The second kappa shape index (κ2) is 5.87. The fourth-order valence-electron chi connectivity index (χ4n) is 1.77. The first kappa shape index (κ1) is 12.9. The van der Waals surface area contributed by atoms with Gasteiger partial charge < -0.3 is 9.88 Å². The summed E-state index contributed by atoms with van der Waals surface area (Å²) in [5.74, 6) is -0.0373. The van der Waals surface area contributed by atoms with Crippen molar-refractivity contribution in [3.63, 3.8) is 0 Å². The van der Waals surface area contributed by atoms with Gasteiger partial charge in [0.1, 0.15) is 5.69 Å². The Morgan fingerprint density at radius 2 is 2.00 bits per heavy atom. The van der Waals surface area contributed by atoms with Crippen molar-refractivity contribution in [1.82, 2.24) is 9.88 Å². The summed E-state index contributed by atoms with van der Waals surface area (Å²) in [6.45, 7) is 3.36. The summed E-state index contributed by atoms with van der Waals surface area (Å²) < 4.78 is 2.97. The average Bonchev–Trinajstić information content (AvgIpc) is 2.86. The van der Waals surface area contributed by atoms with Gasteiger partial charge in [-0.3, -0.25) is 4.79 Å². The lowest BCUT2D eigenvalue weighted by atomic mass is 10.2. The van der Waals surface area contributed by atoms with Crippen molar-refractivity contribution in [3.8, 4) is 0 Å². The molecule has 0 bridgehead atoms. The predicted octanol–water partition coefficient (Wildman–Crippen LogP) is 3.20. The minimum absolute atomic E-state index is 0.0373. The Bertz CT molecular complexity index is 531. The zero-order valence-electron chi connectivity index (χ0n) is 10.2. The highest BCUT2D eigenvalue weighted by Crippen LogP contribution is 2.10. The molecule has 94 valence electrons. The number of aromatic nitrogens is 1. The summed E-state index contributed by atoms with van der Waals surface area (Å²) in [6, 6.07) is 11.6. The molecule has 0 spiro atoms. The fourth-order valence-corrected chi connectivity index (χ4v) is 2.04. The van der Waals surface area contributed by atoms with Crippen LogP contribution in [0.2, 0.25) is 0 Å². The Kier molecular flexibility index (Phi) is 4.20. The first-order valence-corrected chi connectivity index (χ1v) is 6.68. The third-order valence-corrected chi connectivity index (χ3v) is 3.30. The number of carbonyl (C=O) groups excluding carboxylic acids is 1. The van der Waals surface area contributed by atoms with Crippen molar-refractivity contribution >= 4 is 21.8 Å². The first-order chi connectivity index (χ1) is 8.70. The lowest BCUT2D eigenvalue weighted by Gasteiger charge is -2.08. The van der Waals surface area contributed by atoms with E-state index in [1.165, 1.54) is 0 Å². The molecule has 3 nitrogen and oxygen atoms in total. The van der Waals surface area contributed by atoms with Gasteiger partial charge in [0.15, 0.2) is 0 Å². The maximum Gasteiger partial charge on any atom is 0.268 e. The molecular weight excluding hydrogens is 292 g/mol. The topological polar surface area (TPSA) is 34.0 Å². The number of nitrogens with zero attached hydrogens (tertiary/aromatic N) is 1. The molecule has 1 aromatic carbocycles. The zero-order chi connectivity index (χ0) is 13.0. The van der Waals surface area contributed by atoms with Crippen LogP contribution in [0.5, 0.6) is 0 Å². The number of rotatable bonds is 4. The molecule has 1 heterocycles. The molecule has 2 aromatic rings. The summed E-state index contributed by atoms with van der Waals surface area (Å²) in [4.78, 5) is 12.0. The van der Waals surface area contributed by atoms with E-state index < -0.39 is 0 Å². The van der Waals surface area contributed by atoms with E-state index in [4.69, 9.17) is 0 Å². The van der Waals surface area contributed by atoms with E-state index in [-0.39, 0.29) is 5.91 Å². The maximum atomic E-state index is 12.0. The smallest absolute Gasteiger partial charge is 0.268 e. The lowest BCUT2D eigenvalue weighted by Crippen LogP contribution is -2.25. The van der Waals surface area contributed by atoms with Crippen molar-refractivity contribution < 1.29 is 4.79 Å². The van der Waals surface area contributed by atoms with Crippen LogP contribution in [0.4, 0.5) is 0 Å². The van der Waals surface area contributed by atoms with Gasteiger partial charge in [-0.25, -0.2) is 0 Å². The summed E-state index contributed by atoms with van der Waals surface area (Å²) in [6.07, 6.45) is 1.91. The number of benzene rings is 1. The molecule has 0 aliphatic rings. The van der Waals surface area contributed by atoms with E-state index in [2.05, 4.69) is 21.2 Å². The van der Waals surface area contributed by atoms with Gasteiger partial charge in [-0.1, -0.05) is 28.1 Å². The molecule has 1 amide bonds. The highest BCUT2D eigenvalue weighted by Gasteiger charge is 2.08. The number of hydrogen-bond donors (Lipinski definition) is 1. The van der Waals surface area contributed by atoms with Gasteiger partial charge in [0.2, 0.25) is 0 Å². The number of nitrogens with one attached hydrogen (secondary N) is 1. The van der Waals surface area contributed by atoms with Crippen molar-refractivity contribution in [1.29, 1.82) is 0 Å². The Hall–Kier alpha value is -1.55. The third kappa shape index (κ3) is 3.01. The molecule has 0 unspecified atom stereocenters. The van der Waals surface area contributed by atoms with Gasteiger partial charge in [-0.2, -0.15) is 0 Å². The number of carbonyl (C=O) groups is 1. The van der Waals surface area contributed by atoms with Crippen LogP contribution in [0.25, 0.3) is 0 Å². The second-order valence-corrected chi connectivity index (χ2v) is 4.90. The predicted molar refractivity (Wildman–Crippen MR) is 75.4 cm³/mol. The van der Waals surface area contributed by atoms with Crippen molar-refractivity contribution in [2.24, 2.45) is 0 Å². The maximum absolute atomic E-state index is 12.0. The molecule has 0 fully saturated rings. The van der Waals surface area contributed by atoms with E-state index in [9.17, 15) is 4.79 Å². The number of aryl methyl sites for hydroxylation is 1. The highest BCUT2D eigenvalue weighted by atomic mass is 79.9. The second-order valence-electron chi connectivity index (χ2n) is 3.99. The summed E-state index contributed by atoms with van der Waals surface area (Å²) in [5.41, 5.74) is 1.79.